The highest BCUT2D eigenvalue weighted by atomic mass is 32.2. The summed E-state index contributed by atoms with van der Waals surface area (Å²) in [5, 5.41) is 2.06. The number of carbonyl (C=O) groups is 2. The second-order valence-electron chi connectivity index (χ2n) is 6.84. The molecule has 3 atom stereocenters. The van der Waals surface area contributed by atoms with E-state index in [1.807, 2.05) is 0 Å². The Hall–Kier alpha value is -2.75. The molecular weight excluding hydrogens is 372 g/mol. The van der Waals surface area contributed by atoms with Gasteiger partial charge in [-0.25, -0.2) is 13.4 Å². The third-order valence-electron chi connectivity index (χ3n) is 5.05. The zero-order valence-electron chi connectivity index (χ0n) is 14.5. The smallest absolute Gasteiger partial charge is 0.289 e. The number of aryl methyl sites for hydroxylation is 1. The van der Waals surface area contributed by atoms with Crippen LogP contribution >= 0.6 is 0 Å². The highest BCUT2D eigenvalue weighted by Crippen LogP contribution is 2.34. The molecule has 142 valence electrons. The zero-order valence-corrected chi connectivity index (χ0v) is 15.3. The van der Waals surface area contributed by atoms with Gasteiger partial charge in [0.2, 0.25) is 0 Å². The molecule has 4 rings (SSSR count). The Bertz CT molecular complexity index is 971. The molecule has 2 aromatic heterocycles. The molecule has 0 bridgehead atoms. The number of nitrogens with one attached hydrogen (secondary N) is 1. The molecule has 0 aliphatic carbocycles. The Morgan fingerprint density at radius 1 is 1.26 bits per heavy atom. The zero-order chi connectivity index (χ0) is 19.2. The fraction of sp³-hybridized carbons (Fsp3) is 0.412. The summed E-state index contributed by atoms with van der Waals surface area (Å²) in [4.78, 5) is 34.4. The van der Waals surface area contributed by atoms with Crippen LogP contribution in [0.4, 0.5) is 0 Å². The topological polar surface area (TPSA) is 122 Å². The van der Waals surface area contributed by atoms with Crippen LogP contribution in [0.5, 0.6) is 0 Å². The molecule has 0 saturated carbocycles. The van der Waals surface area contributed by atoms with E-state index < -0.39 is 27.0 Å². The molecule has 2 aliphatic rings. The van der Waals surface area contributed by atoms with Gasteiger partial charge in [-0.2, -0.15) is 0 Å². The van der Waals surface area contributed by atoms with Crippen LogP contribution in [-0.4, -0.2) is 65.2 Å². The van der Waals surface area contributed by atoms with E-state index in [2.05, 4.69) is 15.3 Å². The Morgan fingerprint density at radius 3 is 2.74 bits per heavy atom. The summed E-state index contributed by atoms with van der Waals surface area (Å²) in [6.07, 6.45) is 4.22. The lowest BCUT2D eigenvalue weighted by Crippen LogP contribution is -2.42. The van der Waals surface area contributed by atoms with E-state index in [0.29, 0.717) is 5.69 Å². The van der Waals surface area contributed by atoms with Gasteiger partial charge < -0.3 is 14.6 Å². The summed E-state index contributed by atoms with van der Waals surface area (Å²) in [5.74, 6) is -1.16. The quantitative estimate of drug-likeness (QED) is 0.785. The van der Waals surface area contributed by atoms with Crippen LogP contribution < -0.4 is 5.32 Å². The molecule has 10 heteroatoms. The normalized spacial score (nSPS) is 26.0. The van der Waals surface area contributed by atoms with Crippen molar-refractivity contribution in [3.63, 3.8) is 0 Å². The van der Waals surface area contributed by atoms with Crippen molar-refractivity contribution >= 4 is 21.7 Å². The maximum Gasteiger partial charge on any atom is 0.289 e. The molecule has 27 heavy (non-hydrogen) atoms. The molecule has 0 radical (unpaired) electrons. The SMILES string of the molecule is Cc1cnc(C(=O)N[C@@H]2CS(=O)(=O)[C@H]3CN(C(=O)c4ccco4)C[C@@H]23)cn1. The van der Waals surface area contributed by atoms with Crippen molar-refractivity contribution in [2.75, 3.05) is 18.8 Å². The molecular formula is C17H18N4O5S. The molecule has 0 aromatic carbocycles. The summed E-state index contributed by atoms with van der Waals surface area (Å²) in [5.41, 5.74) is 0.806. The van der Waals surface area contributed by atoms with Crippen molar-refractivity contribution in [3.8, 4) is 0 Å². The average Bonchev–Trinajstić information content (AvgIpc) is 3.34. The maximum atomic E-state index is 12.5. The maximum absolute atomic E-state index is 12.5. The van der Waals surface area contributed by atoms with Gasteiger partial charge in [-0.15, -0.1) is 0 Å². The first-order valence-electron chi connectivity index (χ1n) is 8.49. The second kappa shape index (κ2) is 6.45. The minimum Gasteiger partial charge on any atom is -0.459 e. The lowest BCUT2D eigenvalue weighted by molar-refractivity contribution is 0.0752. The van der Waals surface area contributed by atoms with Gasteiger partial charge in [0.15, 0.2) is 15.6 Å². The highest BCUT2D eigenvalue weighted by Gasteiger charge is 2.53. The molecule has 2 amide bonds. The second-order valence-corrected chi connectivity index (χ2v) is 9.11. The first kappa shape index (κ1) is 17.7. The van der Waals surface area contributed by atoms with Crippen molar-refractivity contribution in [2.45, 2.75) is 18.2 Å². The number of hydrogen-bond donors (Lipinski definition) is 1. The van der Waals surface area contributed by atoms with E-state index in [0.717, 1.165) is 0 Å². The minimum atomic E-state index is -3.42. The van der Waals surface area contributed by atoms with E-state index in [1.165, 1.54) is 23.6 Å². The van der Waals surface area contributed by atoms with Crippen molar-refractivity contribution < 1.29 is 22.4 Å². The van der Waals surface area contributed by atoms with Crippen molar-refractivity contribution in [3.05, 3.63) is 47.9 Å². The van der Waals surface area contributed by atoms with Crippen LogP contribution in [0.2, 0.25) is 0 Å². The Kier molecular flexibility index (Phi) is 4.22. The van der Waals surface area contributed by atoms with Crippen molar-refractivity contribution in [1.29, 1.82) is 0 Å². The number of amides is 2. The van der Waals surface area contributed by atoms with E-state index in [4.69, 9.17) is 4.42 Å². The van der Waals surface area contributed by atoms with Gasteiger partial charge in [0.1, 0.15) is 5.69 Å². The summed E-state index contributed by atoms with van der Waals surface area (Å²) in [6.45, 7) is 2.10. The van der Waals surface area contributed by atoms with Crippen molar-refractivity contribution in [2.24, 2.45) is 5.92 Å². The van der Waals surface area contributed by atoms with Gasteiger partial charge in [0, 0.05) is 31.2 Å². The third-order valence-corrected chi connectivity index (χ3v) is 7.29. The van der Waals surface area contributed by atoms with E-state index >= 15 is 0 Å². The fourth-order valence-electron chi connectivity index (χ4n) is 3.69. The number of carbonyl (C=O) groups excluding carboxylic acids is 2. The molecule has 4 heterocycles. The van der Waals surface area contributed by atoms with E-state index in [-0.39, 0.29) is 42.1 Å². The van der Waals surface area contributed by atoms with Gasteiger partial charge in [-0.1, -0.05) is 0 Å². The summed E-state index contributed by atoms with van der Waals surface area (Å²) in [6, 6.07) is 2.57. The number of furan rings is 1. The predicted molar refractivity (Wildman–Crippen MR) is 93.7 cm³/mol. The Labute approximate surface area is 155 Å². The Balaban J connectivity index is 1.51. The molecule has 2 saturated heterocycles. The molecule has 9 nitrogen and oxygen atoms in total. The largest absolute Gasteiger partial charge is 0.459 e. The highest BCUT2D eigenvalue weighted by molar-refractivity contribution is 7.92. The van der Waals surface area contributed by atoms with Gasteiger partial charge in [0.05, 0.1) is 29.2 Å². The number of sulfone groups is 1. The van der Waals surface area contributed by atoms with Crippen LogP contribution in [0.1, 0.15) is 26.7 Å². The van der Waals surface area contributed by atoms with E-state index in [1.54, 1.807) is 19.1 Å². The molecule has 2 aromatic rings. The first-order valence-corrected chi connectivity index (χ1v) is 10.2. The standard InChI is InChI=1S/C17H18N4O5S/c1-10-5-19-12(6-18-10)16(22)20-13-9-27(24,25)15-8-21(7-11(13)15)17(23)14-3-2-4-26-14/h2-6,11,13,15H,7-9H2,1H3,(H,20,22)/t11-,13+,15-/m0/s1. The van der Waals surface area contributed by atoms with Gasteiger partial charge >= 0.3 is 0 Å². The number of aromatic nitrogens is 2. The molecule has 0 unspecified atom stereocenters. The molecule has 1 N–H and O–H groups in total. The monoisotopic (exact) mass is 390 g/mol. The minimum absolute atomic E-state index is 0.100. The van der Waals surface area contributed by atoms with E-state index in [9.17, 15) is 18.0 Å². The van der Waals surface area contributed by atoms with Crippen molar-refractivity contribution in [1.82, 2.24) is 20.2 Å². The fourth-order valence-corrected chi connectivity index (χ4v) is 5.98. The van der Waals surface area contributed by atoms with Crippen LogP contribution in [0.3, 0.4) is 0 Å². The predicted octanol–water partition coefficient (Wildman–Crippen LogP) is 0.0456. The first-order chi connectivity index (χ1) is 12.8. The van der Waals surface area contributed by atoms with Gasteiger partial charge in [-0.05, 0) is 19.1 Å². The number of likely N-dealkylation sites (tertiary alicyclic amines) is 1. The van der Waals surface area contributed by atoms with Crippen LogP contribution in [0, 0.1) is 12.8 Å². The number of hydrogen-bond acceptors (Lipinski definition) is 7. The lowest BCUT2D eigenvalue weighted by atomic mass is 10.0. The number of rotatable bonds is 3. The molecule has 0 spiro atoms. The summed E-state index contributed by atoms with van der Waals surface area (Å²) >= 11 is 0. The number of fused-ring (bicyclic) bond motifs is 1. The van der Waals surface area contributed by atoms with Crippen LogP contribution in [0.15, 0.2) is 35.2 Å². The molecule has 2 fully saturated rings. The third kappa shape index (κ3) is 3.20. The number of nitrogens with zero attached hydrogens (tertiary/aromatic N) is 3. The summed E-state index contributed by atoms with van der Waals surface area (Å²) in [7, 11) is -3.42. The molecule has 2 aliphatic heterocycles. The lowest BCUT2D eigenvalue weighted by Gasteiger charge is -2.20. The van der Waals surface area contributed by atoms with Gasteiger partial charge in [0.25, 0.3) is 11.8 Å². The average molecular weight is 390 g/mol. The summed E-state index contributed by atoms with van der Waals surface area (Å²) < 4.78 is 30.2. The van der Waals surface area contributed by atoms with Gasteiger partial charge in [-0.3, -0.25) is 14.6 Å². The van der Waals surface area contributed by atoms with Crippen LogP contribution in [-0.2, 0) is 9.84 Å². The Morgan fingerprint density at radius 2 is 2.07 bits per heavy atom. The van der Waals surface area contributed by atoms with Crippen LogP contribution in [0.25, 0.3) is 0 Å².